The Hall–Kier alpha value is -0.110. The molecule has 0 rings (SSSR count). The first-order valence-electron chi connectivity index (χ1n) is 4.31. The van der Waals surface area contributed by atoms with E-state index in [1.54, 1.807) is 0 Å². The van der Waals surface area contributed by atoms with Gasteiger partial charge in [-0.05, 0) is 18.3 Å². The van der Waals surface area contributed by atoms with Gasteiger partial charge in [0.15, 0.2) is 0 Å². The normalized spacial score (nSPS) is 17.5. The highest BCUT2D eigenvalue weighted by atomic mass is 19.1. The first kappa shape index (κ1) is 10.9. The summed E-state index contributed by atoms with van der Waals surface area (Å²) >= 11 is 0. The van der Waals surface area contributed by atoms with Crippen LogP contribution in [0.25, 0.3) is 0 Å². The molecule has 1 atom stereocenters. The standard InChI is InChI=1S/C9H20FN/c1-7(2)5-9(10,6-11)8(3)4/h7-8H,5-6,11H2,1-4H3. The average Bonchev–Trinajstić information content (AvgIpc) is 1.86. The van der Waals surface area contributed by atoms with Crippen LogP contribution in [0.2, 0.25) is 0 Å². The summed E-state index contributed by atoms with van der Waals surface area (Å²) in [5.41, 5.74) is 4.22. The maximum absolute atomic E-state index is 13.8. The molecule has 0 amide bonds. The van der Waals surface area contributed by atoms with Gasteiger partial charge >= 0.3 is 0 Å². The Morgan fingerprint density at radius 3 is 1.82 bits per heavy atom. The molecule has 0 heterocycles. The molecule has 68 valence electrons. The fourth-order valence-corrected chi connectivity index (χ4v) is 1.23. The molecule has 0 aliphatic heterocycles. The highest BCUT2D eigenvalue weighted by molar-refractivity contribution is 4.84. The fourth-order valence-electron chi connectivity index (χ4n) is 1.23. The van der Waals surface area contributed by atoms with Crippen LogP contribution in [0.15, 0.2) is 0 Å². The molecule has 0 aliphatic carbocycles. The van der Waals surface area contributed by atoms with Crippen LogP contribution in [0.5, 0.6) is 0 Å². The maximum atomic E-state index is 13.8. The lowest BCUT2D eigenvalue weighted by atomic mass is 9.85. The van der Waals surface area contributed by atoms with Crippen LogP contribution in [-0.2, 0) is 0 Å². The van der Waals surface area contributed by atoms with E-state index >= 15 is 0 Å². The van der Waals surface area contributed by atoms with Crippen molar-refractivity contribution in [1.82, 2.24) is 0 Å². The summed E-state index contributed by atoms with van der Waals surface area (Å²) < 4.78 is 13.8. The van der Waals surface area contributed by atoms with Gasteiger partial charge in [-0.1, -0.05) is 27.7 Å². The summed E-state index contributed by atoms with van der Waals surface area (Å²) in [4.78, 5) is 0. The zero-order valence-electron chi connectivity index (χ0n) is 8.02. The van der Waals surface area contributed by atoms with E-state index in [1.807, 2.05) is 27.7 Å². The van der Waals surface area contributed by atoms with E-state index in [4.69, 9.17) is 5.73 Å². The van der Waals surface area contributed by atoms with E-state index in [2.05, 4.69) is 0 Å². The Bertz CT molecular complexity index is 112. The third kappa shape index (κ3) is 3.19. The lowest BCUT2D eigenvalue weighted by molar-refractivity contribution is 0.0833. The number of alkyl halides is 1. The molecule has 2 heteroatoms. The maximum Gasteiger partial charge on any atom is 0.125 e. The van der Waals surface area contributed by atoms with E-state index in [0.29, 0.717) is 12.3 Å². The van der Waals surface area contributed by atoms with Gasteiger partial charge in [0.2, 0.25) is 0 Å². The highest BCUT2D eigenvalue weighted by Crippen LogP contribution is 2.28. The monoisotopic (exact) mass is 161 g/mol. The summed E-state index contributed by atoms with van der Waals surface area (Å²) in [6.45, 7) is 7.95. The van der Waals surface area contributed by atoms with Crippen molar-refractivity contribution in [3.05, 3.63) is 0 Å². The minimum atomic E-state index is -1.16. The van der Waals surface area contributed by atoms with Crippen LogP contribution in [-0.4, -0.2) is 12.2 Å². The largest absolute Gasteiger partial charge is 0.328 e. The molecule has 11 heavy (non-hydrogen) atoms. The van der Waals surface area contributed by atoms with E-state index in [-0.39, 0.29) is 12.5 Å². The van der Waals surface area contributed by atoms with Crippen LogP contribution >= 0.6 is 0 Å². The fraction of sp³-hybridized carbons (Fsp3) is 1.00. The molecule has 0 aromatic rings. The second-order valence-corrected chi connectivity index (χ2v) is 3.99. The van der Waals surface area contributed by atoms with Crippen LogP contribution in [0.1, 0.15) is 34.1 Å². The quantitative estimate of drug-likeness (QED) is 0.673. The Labute approximate surface area is 69.2 Å². The first-order valence-corrected chi connectivity index (χ1v) is 4.31. The second kappa shape index (κ2) is 4.05. The number of nitrogens with two attached hydrogens (primary N) is 1. The van der Waals surface area contributed by atoms with Gasteiger partial charge < -0.3 is 5.73 Å². The van der Waals surface area contributed by atoms with Gasteiger partial charge in [-0.3, -0.25) is 0 Å². The van der Waals surface area contributed by atoms with Crippen LogP contribution in [0, 0.1) is 11.8 Å². The Morgan fingerprint density at radius 1 is 1.27 bits per heavy atom. The van der Waals surface area contributed by atoms with Crippen molar-refractivity contribution < 1.29 is 4.39 Å². The first-order chi connectivity index (χ1) is 4.92. The van der Waals surface area contributed by atoms with Gasteiger partial charge in [0.25, 0.3) is 0 Å². The predicted octanol–water partition coefficient (Wildman–Crippen LogP) is 2.36. The van der Waals surface area contributed by atoms with Crippen LogP contribution in [0.4, 0.5) is 4.39 Å². The molecule has 0 spiro atoms. The molecule has 0 fully saturated rings. The predicted molar refractivity (Wildman–Crippen MR) is 47.2 cm³/mol. The van der Waals surface area contributed by atoms with Crippen molar-refractivity contribution in [1.29, 1.82) is 0 Å². The van der Waals surface area contributed by atoms with Crippen molar-refractivity contribution >= 4 is 0 Å². The summed E-state index contributed by atoms with van der Waals surface area (Å²) in [5.74, 6) is 0.404. The van der Waals surface area contributed by atoms with E-state index in [1.165, 1.54) is 0 Å². The molecule has 0 radical (unpaired) electrons. The van der Waals surface area contributed by atoms with Gasteiger partial charge in [0, 0.05) is 6.54 Å². The second-order valence-electron chi connectivity index (χ2n) is 3.99. The molecule has 1 unspecified atom stereocenters. The van der Waals surface area contributed by atoms with Gasteiger partial charge in [0.1, 0.15) is 5.67 Å². The minimum absolute atomic E-state index is 0.0231. The van der Waals surface area contributed by atoms with E-state index < -0.39 is 5.67 Å². The zero-order chi connectivity index (χ0) is 9.07. The molecular formula is C9H20FN. The van der Waals surface area contributed by atoms with Gasteiger partial charge in [-0.25, -0.2) is 4.39 Å². The Kier molecular flexibility index (Phi) is 4.01. The van der Waals surface area contributed by atoms with Crippen LogP contribution < -0.4 is 5.73 Å². The number of halogens is 1. The highest BCUT2D eigenvalue weighted by Gasteiger charge is 2.32. The summed E-state index contributed by atoms with van der Waals surface area (Å²) in [6, 6.07) is 0. The molecule has 2 N–H and O–H groups in total. The van der Waals surface area contributed by atoms with Crippen molar-refractivity contribution in [3.63, 3.8) is 0 Å². The topological polar surface area (TPSA) is 26.0 Å². The zero-order valence-corrected chi connectivity index (χ0v) is 8.02. The lowest BCUT2D eigenvalue weighted by Crippen LogP contribution is -2.39. The van der Waals surface area contributed by atoms with Gasteiger partial charge in [-0.15, -0.1) is 0 Å². The third-order valence-corrected chi connectivity index (χ3v) is 2.12. The molecular weight excluding hydrogens is 141 g/mol. The average molecular weight is 161 g/mol. The van der Waals surface area contributed by atoms with Crippen LogP contribution in [0.3, 0.4) is 0 Å². The number of hydrogen-bond donors (Lipinski definition) is 1. The van der Waals surface area contributed by atoms with Gasteiger partial charge in [0.05, 0.1) is 0 Å². The molecule has 0 saturated heterocycles. The Morgan fingerprint density at radius 2 is 1.73 bits per heavy atom. The molecule has 1 nitrogen and oxygen atoms in total. The van der Waals surface area contributed by atoms with Crippen molar-refractivity contribution in [2.24, 2.45) is 17.6 Å². The molecule has 0 aliphatic rings. The van der Waals surface area contributed by atoms with E-state index in [9.17, 15) is 4.39 Å². The van der Waals surface area contributed by atoms with Gasteiger partial charge in [-0.2, -0.15) is 0 Å². The summed E-state index contributed by atoms with van der Waals surface area (Å²) in [5, 5.41) is 0. The number of rotatable bonds is 4. The minimum Gasteiger partial charge on any atom is -0.328 e. The Balaban J connectivity index is 4.10. The third-order valence-electron chi connectivity index (χ3n) is 2.12. The molecule has 0 aromatic heterocycles. The lowest BCUT2D eigenvalue weighted by Gasteiger charge is -2.29. The SMILES string of the molecule is CC(C)CC(F)(CN)C(C)C. The molecule has 0 saturated carbocycles. The smallest absolute Gasteiger partial charge is 0.125 e. The van der Waals surface area contributed by atoms with Crippen molar-refractivity contribution in [2.45, 2.75) is 39.8 Å². The summed E-state index contributed by atoms with van der Waals surface area (Å²) in [7, 11) is 0. The molecule has 0 bridgehead atoms. The van der Waals surface area contributed by atoms with E-state index in [0.717, 1.165) is 0 Å². The molecule has 0 aromatic carbocycles. The summed E-state index contributed by atoms with van der Waals surface area (Å²) in [6.07, 6.45) is 0.571. The number of hydrogen-bond acceptors (Lipinski definition) is 1. The van der Waals surface area contributed by atoms with Crippen molar-refractivity contribution in [3.8, 4) is 0 Å². The van der Waals surface area contributed by atoms with Crippen molar-refractivity contribution in [2.75, 3.05) is 6.54 Å².